The van der Waals surface area contributed by atoms with Crippen molar-refractivity contribution in [2.75, 3.05) is 12.3 Å². The number of nitrogen functional groups attached to an aromatic ring is 1. The van der Waals surface area contributed by atoms with E-state index in [2.05, 4.69) is 24.0 Å². The first-order valence-electron chi connectivity index (χ1n) is 7.11. The van der Waals surface area contributed by atoms with Gasteiger partial charge in [0.2, 0.25) is 0 Å². The second-order valence-corrected chi connectivity index (χ2v) is 5.87. The maximum absolute atomic E-state index is 12.7. The minimum atomic E-state index is 0.000833. The molecule has 3 rings (SSSR count). The second-order valence-electron chi connectivity index (χ2n) is 5.87. The van der Waals surface area contributed by atoms with Crippen molar-refractivity contribution in [2.45, 2.75) is 32.7 Å². The highest BCUT2D eigenvalue weighted by Gasteiger charge is 2.29. The normalized spacial score (nSPS) is 23.2. The molecule has 2 unspecified atom stereocenters. The van der Waals surface area contributed by atoms with Gasteiger partial charge in [-0.25, -0.2) is 0 Å². The first kappa shape index (κ1) is 13.0. The molecule has 3 N–H and O–H groups in total. The molecule has 2 aromatic rings. The monoisotopic (exact) mass is 272 g/mol. The maximum atomic E-state index is 12.7. The zero-order chi connectivity index (χ0) is 14.3. The predicted molar refractivity (Wildman–Crippen MR) is 79.4 cm³/mol. The summed E-state index contributed by atoms with van der Waals surface area (Å²) in [6, 6.07) is 5.74. The van der Waals surface area contributed by atoms with Crippen molar-refractivity contribution in [1.82, 2.24) is 15.1 Å². The van der Waals surface area contributed by atoms with Gasteiger partial charge in [0.05, 0.1) is 5.52 Å². The summed E-state index contributed by atoms with van der Waals surface area (Å²) in [5, 5.41) is 7.91. The van der Waals surface area contributed by atoms with Crippen molar-refractivity contribution in [3.8, 4) is 0 Å². The van der Waals surface area contributed by atoms with E-state index in [0.717, 1.165) is 23.9 Å². The number of H-pyrrole nitrogens is 1. The quantitative estimate of drug-likeness (QED) is 0.783. The molecule has 0 radical (unpaired) electrons. The standard InChI is InChI=1S/C15H20N4O/c1-9-3-4-10(2)19(8-9)15(20)14-12-7-11(16)5-6-13(12)17-18-14/h5-7,9-10H,3-4,8,16H2,1-2H3,(H,17,18). The molecule has 2 heterocycles. The van der Waals surface area contributed by atoms with Crippen LogP contribution in [0.15, 0.2) is 18.2 Å². The fraction of sp³-hybridized carbons (Fsp3) is 0.467. The Labute approximate surface area is 118 Å². The van der Waals surface area contributed by atoms with Crippen molar-refractivity contribution in [3.63, 3.8) is 0 Å². The van der Waals surface area contributed by atoms with Gasteiger partial charge in [0.15, 0.2) is 5.69 Å². The van der Waals surface area contributed by atoms with Gasteiger partial charge in [0.1, 0.15) is 0 Å². The summed E-state index contributed by atoms with van der Waals surface area (Å²) in [5.41, 5.74) is 7.79. The third-order valence-corrected chi connectivity index (χ3v) is 4.17. The number of hydrogen-bond acceptors (Lipinski definition) is 3. The largest absolute Gasteiger partial charge is 0.399 e. The van der Waals surface area contributed by atoms with Crippen molar-refractivity contribution in [2.24, 2.45) is 5.92 Å². The number of amides is 1. The fourth-order valence-electron chi connectivity index (χ4n) is 2.90. The van der Waals surface area contributed by atoms with Crippen LogP contribution in [0.2, 0.25) is 0 Å². The molecular formula is C15H20N4O. The highest BCUT2D eigenvalue weighted by atomic mass is 16.2. The van der Waals surface area contributed by atoms with Crippen LogP contribution in [0, 0.1) is 5.92 Å². The van der Waals surface area contributed by atoms with Crippen LogP contribution in [0.25, 0.3) is 10.9 Å². The average Bonchev–Trinajstić information content (AvgIpc) is 2.83. The lowest BCUT2D eigenvalue weighted by molar-refractivity contribution is 0.0570. The number of aromatic nitrogens is 2. The third kappa shape index (κ3) is 2.13. The number of likely N-dealkylation sites (tertiary alicyclic amines) is 1. The van der Waals surface area contributed by atoms with Crippen molar-refractivity contribution < 1.29 is 4.79 Å². The summed E-state index contributed by atoms with van der Waals surface area (Å²) in [5.74, 6) is 0.548. The summed E-state index contributed by atoms with van der Waals surface area (Å²) in [6.07, 6.45) is 2.23. The van der Waals surface area contributed by atoms with Gasteiger partial charge in [-0.3, -0.25) is 9.89 Å². The second kappa shape index (κ2) is 4.81. The Morgan fingerprint density at radius 3 is 3.00 bits per heavy atom. The molecule has 106 valence electrons. The molecular weight excluding hydrogens is 252 g/mol. The number of anilines is 1. The summed E-state index contributed by atoms with van der Waals surface area (Å²) in [7, 11) is 0. The van der Waals surface area contributed by atoms with Crippen LogP contribution in [0.3, 0.4) is 0 Å². The number of carbonyl (C=O) groups is 1. The molecule has 5 nitrogen and oxygen atoms in total. The lowest BCUT2D eigenvalue weighted by Crippen LogP contribution is -2.45. The molecule has 1 aromatic carbocycles. The van der Waals surface area contributed by atoms with E-state index in [1.54, 1.807) is 6.07 Å². The van der Waals surface area contributed by atoms with Crippen LogP contribution in [-0.4, -0.2) is 33.6 Å². The first-order valence-corrected chi connectivity index (χ1v) is 7.11. The summed E-state index contributed by atoms with van der Waals surface area (Å²) in [4.78, 5) is 14.7. The molecule has 1 aliphatic heterocycles. The molecule has 5 heteroatoms. The number of nitrogens with two attached hydrogens (primary N) is 1. The lowest BCUT2D eigenvalue weighted by atomic mass is 9.94. The number of fused-ring (bicyclic) bond motifs is 1. The van der Waals surface area contributed by atoms with Crippen LogP contribution in [-0.2, 0) is 0 Å². The molecule has 1 amide bonds. The van der Waals surface area contributed by atoms with Crippen LogP contribution >= 0.6 is 0 Å². The van der Waals surface area contributed by atoms with E-state index in [1.165, 1.54) is 6.42 Å². The fourth-order valence-corrected chi connectivity index (χ4v) is 2.90. The van der Waals surface area contributed by atoms with E-state index in [0.29, 0.717) is 17.3 Å². The van der Waals surface area contributed by atoms with E-state index in [4.69, 9.17) is 5.73 Å². The lowest BCUT2D eigenvalue weighted by Gasteiger charge is -2.36. The van der Waals surface area contributed by atoms with Gasteiger partial charge < -0.3 is 10.6 Å². The average molecular weight is 272 g/mol. The smallest absolute Gasteiger partial charge is 0.275 e. The number of rotatable bonds is 1. The van der Waals surface area contributed by atoms with E-state index >= 15 is 0 Å². The number of carbonyl (C=O) groups excluding carboxylic acids is 1. The Kier molecular flexibility index (Phi) is 3.12. The minimum Gasteiger partial charge on any atom is -0.399 e. The third-order valence-electron chi connectivity index (χ3n) is 4.17. The highest BCUT2D eigenvalue weighted by molar-refractivity contribution is 6.05. The number of hydrogen-bond donors (Lipinski definition) is 2. The predicted octanol–water partition coefficient (Wildman–Crippen LogP) is 2.41. The molecule has 1 aliphatic rings. The maximum Gasteiger partial charge on any atom is 0.275 e. The van der Waals surface area contributed by atoms with Gasteiger partial charge >= 0.3 is 0 Å². The van der Waals surface area contributed by atoms with E-state index in [-0.39, 0.29) is 11.9 Å². The van der Waals surface area contributed by atoms with E-state index < -0.39 is 0 Å². The van der Waals surface area contributed by atoms with Gasteiger partial charge in [-0.15, -0.1) is 0 Å². The van der Waals surface area contributed by atoms with Gasteiger partial charge in [-0.2, -0.15) is 5.10 Å². The summed E-state index contributed by atoms with van der Waals surface area (Å²) in [6.45, 7) is 5.09. The van der Waals surface area contributed by atoms with Crippen LogP contribution in [0.1, 0.15) is 37.2 Å². The zero-order valence-electron chi connectivity index (χ0n) is 11.9. The number of piperidine rings is 1. The Hall–Kier alpha value is -2.04. The number of aromatic amines is 1. The molecule has 0 bridgehead atoms. The first-order chi connectivity index (χ1) is 9.56. The molecule has 1 fully saturated rings. The van der Waals surface area contributed by atoms with Crippen LogP contribution < -0.4 is 5.73 Å². The molecule has 0 saturated carbocycles. The van der Waals surface area contributed by atoms with Crippen molar-refractivity contribution >= 4 is 22.5 Å². The Morgan fingerprint density at radius 2 is 2.20 bits per heavy atom. The molecule has 1 saturated heterocycles. The molecule has 2 atom stereocenters. The van der Waals surface area contributed by atoms with Gasteiger partial charge in [-0.05, 0) is 43.9 Å². The summed E-state index contributed by atoms with van der Waals surface area (Å²) < 4.78 is 0. The zero-order valence-corrected chi connectivity index (χ0v) is 11.9. The number of nitrogens with zero attached hydrogens (tertiary/aromatic N) is 2. The molecule has 0 aliphatic carbocycles. The van der Waals surface area contributed by atoms with Crippen molar-refractivity contribution in [1.29, 1.82) is 0 Å². The van der Waals surface area contributed by atoms with Crippen LogP contribution in [0.5, 0.6) is 0 Å². The van der Waals surface area contributed by atoms with Gasteiger partial charge in [0.25, 0.3) is 5.91 Å². The topological polar surface area (TPSA) is 75.0 Å². The summed E-state index contributed by atoms with van der Waals surface area (Å²) >= 11 is 0. The number of nitrogens with one attached hydrogen (secondary N) is 1. The minimum absolute atomic E-state index is 0.000833. The SMILES string of the molecule is CC1CCC(C)N(C(=O)c2n[nH]c3ccc(N)cc23)C1. The van der Waals surface area contributed by atoms with E-state index in [1.807, 2.05) is 17.0 Å². The van der Waals surface area contributed by atoms with Gasteiger partial charge in [-0.1, -0.05) is 6.92 Å². The Bertz CT molecular complexity index is 648. The van der Waals surface area contributed by atoms with Gasteiger partial charge in [0, 0.05) is 23.7 Å². The molecule has 1 aromatic heterocycles. The highest BCUT2D eigenvalue weighted by Crippen LogP contribution is 2.26. The molecule has 0 spiro atoms. The van der Waals surface area contributed by atoms with Crippen LogP contribution in [0.4, 0.5) is 5.69 Å². The van der Waals surface area contributed by atoms with Crippen molar-refractivity contribution in [3.05, 3.63) is 23.9 Å². The Balaban J connectivity index is 1.97. The number of benzene rings is 1. The van der Waals surface area contributed by atoms with E-state index in [9.17, 15) is 4.79 Å². The Morgan fingerprint density at radius 1 is 1.40 bits per heavy atom. The molecule has 20 heavy (non-hydrogen) atoms.